The summed E-state index contributed by atoms with van der Waals surface area (Å²) in [4.78, 5) is 11.4. The van der Waals surface area contributed by atoms with Gasteiger partial charge in [0.15, 0.2) is 0 Å². The number of carboxylic acid groups (broad SMARTS) is 1. The largest absolute Gasteiger partial charge is 0.478 e. The van der Waals surface area contributed by atoms with Gasteiger partial charge in [-0.3, -0.25) is 4.68 Å². The van der Waals surface area contributed by atoms with E-state index in [1.54, 1.807) is 0 Å². The van der Waals surface area contributed by atoms with Crippen LogP contribution in [0.4, 0.5) is 0 Å². The summed E-state index contributed by atoms with van der Waals surface area (Å²) in [5.41, 5.74) is 1.79. The van der Waals surface area contributed by atoms with Gasteiger partial charge in [0, 0.05) is 25.8 Å². The van der Waals surface area contributed by atoms with Crippen LogP contribution in [0, 0.1) is 0 Å². The minimum atomic E-state index is -3.96. The molecule has 0 saturated carbocycles. The molecule has 1 aliphatic rings. The van der Waals surface area contributed by atoms with Gasteiger partial charge in [0.05, 0.1) is 0 Å². The van der Waals surface area contributed by atoms with Gasteiger partial charge in [0.25, 0.3) is 10.0 Å². The van der Waals surface area contributed by atoms with Crippen LogP contribution in [0.15, 0.2) is 35.5 Å². The Morgan fingerprint density at radius 2 is 2.00 bits per heavy atom. The van der Waals surface area contributed by atoms with Gasteiger partial charge in [0.2, 0.25) is 5.03 Å². The molecule has 0 saturated heterocycles. The molecule has 8 heteroatoms. The van der Waals surface area contributed by atoms with Crippen LogP contribution < -0.4 is 0 Å². The summed E-state index contributed by atoms with van der Waals surface area (Å²) in [7, 11) is -3.96. The first-order valence-corrected chi connectivity index (χ1v) is 9.25. The number of benzene rings is 1. The van der Waals surface area contributed by atoms with Gasteiger partial charge in [0.1, 0.15) is 5.56 Å². The normalized spacial score (nSPS) is 15.2. The monoisotopic (exact) mass is 349 g/mol. The highest BCUT2D eigenvalue weighted by atomic mass is 32.2. The van der Waals surface area contributed by atoms with Crippen molar-refractivity contribution in [3.63, 3.8) is 0 Å². The third-order valence-corrected chi connectivity index (χ3v) is 5.87. The minimum absolute atomic E-state index is 0.234. The second-order valence-electron chi connectivity index (χ2n) is 5.77. The summed E-state index contributed by atoms with van der Waals surface area (Å²) in [5, 5.41) is 13.0. The first-order chi connectivity index (χ1) is 11.4. The molecule has 128 valence electrons. The van der Waals surface area contributed by atoms with Crippen molar-refractivity contribution in [1.29, 1.82) is 0 Å². The van der Waals surface area contributed by atoms with E-state index in [9.17, 15) is 18.3 Å². The lowest BCUT2D eigenvalue weighted by atomic mass is 10.0. The van der Waals surface area contributed by atoms with E-state index in [0.717, 1.165) is 17.5 Å². The zero-order chi connectivity index (χ0) is 17.3. The van der Waals surface area contributed by atoms with Crippen molar-refractivity contribution in [2.75, 3.05) is 6.54 Å². The van der Waals surface area contributed by atoms with Gasteiger partial charge in [-0.25, -0.2) is 13.2 Å². The highest BCUT2D eigenvalue weighted by molar-refractivity contribution is 7.89. The zero-order valence-corrected chi connectivity index (χ0v) is 14.2. The quantitative estimate of drug-likeness (QED) is 0.887. The lowest BCUT2D eigenvalue weighted by molar-refractivity contribution is 0.0692. The molecule has 3 rings (SSSR count). The smallest absolute Gasteiger partial charge is 0.340 e. The average Bonchev–Trinajstić information content (AvgIpc) is 3.00. The maximum absolute atomic E-state index is 12.9. The van der Waals surface area contributed by atoms with E-state index in [2.05, 4.69) is 5.10 Å². The third kappa shape index (κ3) is 2.94. The molecule has 1 aromatic carbocycles. The van der Waals surface area contributed by atoms with Crippen LogP contribution in [-0.2, 0) is 29.5 Å². The maximum atomic E-state index is 12.9. The number of fused-ring (bicyclic) bond motifs is 1. The number of rotatable bonds is 5. The number of aromatic carboxylic acids is 1. The summed E-state index contributed by atoms with van der Waals surface area (Å²) < 4.78 is 28.5. The maximum Gasteiger partial charge on any atom is 0.340 e. The summed E-state index contributed by atoms with van der Waals surface area (Å²) >= 11 is 0. The van der Waals surface area contributed by atoms with Gasteiger partial charge in [-0.1, -0.05) is 31.2 Å². The molecule has 0 fully saturated rings. The van der Waals surface area contributed by atoms with Crippen molar-refractivity contribution < 1.29 is 18.3 Å². The number of aryl methyl sites for hydroxylation is 1. The first kappa shape index (κ1) is 16.7. The van der Waals surface area contributed by atoms with Gasteiger partial charge < -0.3 is 5.11 Å². The number of nitrogens with zero attached hydrogens (tertiary/aromatic N) is 3. The lowest BCUT2D eigenvalue weighted by Crippen LogP contribution is -2.36. The van der Waals surface area contributed by atoms with Crippen molar-refractivity contribution >= 4 is 16.0 Å². The van der Waals surface area contributed by atoms with Crippen LogP contribution in [0.2, 0.25) is 0 Å². The van der Waals surface area contributed by atoms with E-state index in [1.807, 2.05) is 31.2 Å². The Labute approximate surface area is 140 Å². The van der Waals surface area contributed by atoms with E-state index < -0.39 is 16.0 Å². The Bertz CT molecular complexity index is 873. The number of carbonyl (C=O) groups is 1. The fourth-order valence-electron chi connectivity index (χ4n) is 2.88. The number of hydrogen-bond donors (Lipinski definition) is 1. The van der Waals surface area contributed by atoms with E-state index in [4.69, 9.17) is 0 Å². The zero-order valence-electron chi connectivity index (χ0n) is 13.3. The highest BCUT2D eigenvalue weighted by Gasteiger charge is 2.34. The fourth-order valence-corrected chi connectivity index (χ4v) is 4.39. The van der Waals surface area contributed by atoms with Gasteiger partial charge in [-0.15, -0.1) is 0 Å². The summed E-state index contributed by atoms with van der Waals surface area (Å²) in [6.07, 6.45) is 2.63. The Morgan fingerprint density at radius 1 is 1.29 bits per heavy atom. The molecule has 7 nitrogen and oxygen atoms in total. The molecular weight excluding hydrogens is 330 g/mol. The summed E-state index contributed by atoms with van der Waals surface area (Å²) in [6, 6.07) is 7.67. The van der Waals surface area contributed by atoms with Crippen LogP contribution in [-0.4, -0.2) is 40.1 Å². The standard InChI is InChI=1S/C16H19N3O4S/c1-2-8-18-11-14(16(20)21)15(17-18)24(22,23)19-9-7-12-5-3-4-6-13(12)10-19/h3-6,11H,2,7-10H2,1H3,(H,20,21). The molecule has 0 radical (unpaired) electrons. The van der Waals surface area contributed by atoms with Crippen molar-refractivity contribution in [1.82, 2.24) is 14.1 Å². The third-order valence-electron chi connectivity index (χ3n) is 4.09. The number of sulfonamides is 1. The second-order valence-corrected chi connectivity index (χ2v) is 7.63. The molecule has 0 aliphatic carbocycles. The number of carboxylic acids is 1. The summed E-state index contributed by atoms with van der Waals surface area (Å²) in [6.45, 7) is 2.94. The molecule has 0 atom stereocenters. The SMILES string of the molecule is CCCn1cc(C(=O)O)c(S(=O)(=O)N2CCc3ccccc3C2)n1. The Morgan fingerprint density at radius 3 is 2.67 bits per heavy atom. The molecule has 1 aromatic heterocycles. The van der Waals surface area contributed by atoms with E-state index in [1.165, 1.54) is 15.2 Å². The number of aromatic nitrogens is 2. The van der Waals surface area contributed by atoms with Crippen LogP contribution in [0.3, 0.4) is 0 Å². The second kappa shape index (κ2) is 6.37. The molecule has 0 spiro atoms. The van der Waals surface area contributed by atoms with Gasteiger partial charge in [-0.05, 0) is 24.0 Å². The van der Waals surface area contributed by atoms with Crippen molar-refractivity contribution in [3.8, 4) is 0 Å². The van der Waals surface area contributed by atoms with Gasteiger partial charge in [-0.2, -0.15) is 9.40 Å². The van der Waals surface area contributed by atoms with Crippen molar-refractivity contribution in [2.45, 2.75) is 37.9 Å². The average molecular weight is 349 g/mol. The van der Waals surface area contributed by atoms with E-state index >= 15 is 0 Å². The van der Waals surface area contributed by atoms with Crippen LogP contribution in [0.1, 0.15) is 34.8 Å². The Kier molecular flexibility index (Phi) is 4.42. The molecule has 24 heavy (non-hydrogen) atoms. The predicted octanol–water partition coefficient (Wildman–Crippen LogP) is 1.74. The Balaban J connectivity index is 1.98. The van der Waals surface area contributed by atoms with E-state index in [-0.39, 0.29) is 17.1 Å². The molecule has 2 aromatic rings. The molecular formula is C16H19N3O4S. The van der Waals surface area contributed by atoms with Crippen LogP contribution >= 0.6 is 0 Å². The lowest BCUT2D eigenvalue weighted by Gasteiger charge is -2.27. The number of hydrogen-bond acceptors (Lipinski definition) is 4. The first-order valence-electron chi connectivity index (χ1n) is 7.81. The molecule has 0 unspecified atom stereocenters. The molecule has 2 heterocycles. The molecule has 1 N–H and O–H groups in total. The minimum Gasteiger partial charge on any atom is -0.478 e. The van der Waals surface area contributed by atoms with Crippen molar-refractivity contribution in [2.24, 2.45) is 0 Å². The predicted molar refractivity (Wildman–Crippen MR) is 87.2 cm³/mol. The van der Waals surface area contributed by atoms with E-state index in [0.29, 0.717) is 19.5 Å². The topological polar surface area (TPSA) is 92.5 Å². The fraction of sp³-hybridized carbons (Fsp3) is 0.375. The summed E-state index contributed by atoms with van der Waals surface area (Å²) in [5.74, 6) is -1.28. The van der Waals surface area contributed by atoms with Crippen LogP contribution in [0.5, 0.6) is 0 Å². The van der Waals surface area contributed by atoms with Crippen molar-refractivity contribution in [3.05, 3.63) is 47.2 Å². The van der Waals surface area contributed by atoms with Gasteiger partial charge >= 0.3 is 5.97 Å². The molecule has 0 amide bonds. The molecule has 0 bridgehead atoms. The highest BCUT2D eigenvalue weighted by Crippen LogP contribution is 2.26. The molecule has 1 aliphatic heterocycles. The van der Waals surface area contributed by atoms with Crippen LogP contribution in [0.25, 0.3) is 0 Å². The Hall–Kier alpha value is -2.19.